The molecular formula is C18H24F3NO4. The molecule has 0 aliphatic carbocycles. The minimum absolute atomic E-state index is 0.127. The summed E-state index contributed by atoms with van der Waals surface area (Å²) in [6, 6.07) is 5.25. The minimum Gasteiger partial charge on any atom is -0.490 e. The van der Waals surface area contributed by atoms with E-state index in [-0.39, 0.29) is 19.6 Å². The Morgan fingerprint density at radius 3 is 2.50 bits per heavy atom. The predicted molar refractivity (Wildman–Crippen MR) is 89.3 cm³/mol. The number of benzene rings is 1. The molecule has 0 amide bonds. The molecular weight excluding hydrogens is 351 g/mol. The van der Waals surface area contributed by atoms with Crippen molar-refractivity contribution in [2.75, 3.05) is 26.3 Å². The quantitative estimate of drug-likeness (QED) is 0.753. The van der Waals surface area contributed by atoms with Gasteiger partial charge in [0.15, 0.2) is 11.5 Å². The number of carboxylic acid groups (broad SMARTS) is 1. The Hall–Kier alpha value is -1.96. The lowest BCUT2D eigenvalue weighted by Crippen LogP contribution is -2.33. The molecule has 0 bridgehead atoms. The molecule has 1 saturated heterocycles. The van der Waals surface area contributed by atoms with Gasteiger partial charge in [-0.15, -0.1) is 0 Å². The van der Waals surface area contributed by atoms with Crippen LogP contribution in [0.1, 0.15) is 25.8 Å². The molecule has 1 aliphatic heterocycles. The van der Waals surface area contributed by atoms with Crippen molar-refractivity contribution in [2.24, 2.45) is 11.8 Å². The van der Waals surface area contributed by atoms with E-state index in [4.69, 9.17) is 14.6 Å². The molecule has 8 heteroatoms. The highest BCUT2D eigenvalue weighted by atomic mass is 19.4. The number of nitrogens with zero attached hydrogens (tertiary/aromatic N) is 1. The predicted octanol–water partition coefficient (Wildman–Crippen LogP) is 3.57. The van der Waals surface area contributed by atoms with Gasteiger partial charge >= 0.3 is 12.1 Å². The van der Waals surface area contributed by atoms with Crippen molar-refractivity contribution < 1.29 is 32.5 Å². The van der Waals surface area contributed by atoms with Crippen LogP contribution in [0.3, 0.4) is 0 Å². The Bertz CT molecular complexity index is 621. The van der Waals surface area contributed by atoms with Gasteiger partial charge in [0.25, 0.3) is 0 Å². The summed E-state index contributed by atoms with van der Waals surface area (Å²) in [5, 5.41) is 9.10. The number of likely N-dealkylation sites (tertiary alicyclic amines) is 1. The number of hydrogen-bond donors (Lipinski definition) is 1. The summed E-state index contributed by atoms with van der Waals surface area (Å²) in [6.07, 6.45) is -3.68. The average Bonchev–Trinajstić information content (AvgIpc) is 2.99. The van der Waals surface area contributed by atoms with Crippen LogP contribution in [0.15, 0.2) is 18.2 Å². The lowest BCUT2D eigenvalue weighted by molar-refractivity contribution is -0.188. The van der Waals surface area contributed by atoms with E-state index in [1.54, 1.807) is 18.2 Å². The summed E-state index contributed by atoms with van der Waals surface area (Å²) in [6.45, 7) is 4.58. The third-order valence-electron chi connectivity index (χ3n) is 4.31. The standard InChI is InChI=1S/C18H24F3NO4/c1-3-7-26-15-6-5-12(8-16(15)25-4-2)9-22-10-13(17(23)24)14(11-22)18(19,20)21/h5-6,8,13-14H,3-4,7,9-11H2,1-2H3,(H,23,24)/t13-,14-/m1/s1. The zero-order valence-electron chi connectivity index (χ0n) is 14.9. The van der Waals surface area contributed by atoms with Crippen LogP contribution < -0.4 is 9.47 Å². The fourth-order valence-corrected chi connectivity index (χ4v) is 3.10. The van der Waals surface area contributed by atoms with E-state index in [2.05, 4.69) is 0 Å². The Morgan fingerprint density at radius 2 is 1.96 bits per heavy atom. The van der Waals surface area contributed by atoms with Crippen molar-refractivity contribution in [3.63, 3.8) is 0 Å². The summed E-state index contributed by atoms with van der Waals surface area (Å²) in [5.41, 5.74) is 0.754. The van der Waals surface area contributed by atoms with Crippen LogP contribution in [0.2, 0.25) is 0 Å². The molecule has 1 N–H and O–H groups in total. The monoisotopic (exact) mass is 375 g/mol. The van der Waals surface area contributed by atoms with Gasteiger partial charge in [-0.1, -0.05) is 13.0 Å². The van der Waals surface area contributed by atoms with Crippen LogP contribution in [0, 0.1) is 11.8 Å². The Kier molecular flexibility index (Phi) is 6.75. The number of ether oxygens (including phenoxy) is 2. The number of hydrogen-bond acceptors (Lipinski definition) is 4. The number of aliphatic carboxylic acids is 1. The first-order valence-corrected chi connectivity index (χ1v) is 8.66. The van der Waals surface area contributed by atoms with Crippen LogP contribution >= 0.6 is 0 Å². The van der Waals surface area contributed by atoms with Crippen LogP contribution in [0.4, 0.5) is 13.2 Å². The molecule has 1 aliphatic rings. The van der Waals surface area contributed by atoms with Crippen LogP contribution in [-0.4, -0.2) is 48.5 Å². The highest BCUT2D eigenvalue weighted by molar-refractivity contribution is 5.71. The summed E-state index contributed by atoms with van der Waals surface area (Å²) in [4.78, 5) is 12.7. The van der Waals surface area contributed by atoms with Crippen molar-refractivity contribution in [3.05, 3.63) is 23.8 Å². The molecule has 1 aromatic rings. The second kappa shape index (κ2) is 8.62. The molecule has 1 heterocycles. The third-order valence-corrected chi connectivity index (χ3v) is 4.31. The van der Waals surface area contributed by atoms with Crippen molar-refractivity contribution in [2.45, 2.75) is 33.0 Å². The van der Waals surface area contributed by atoms with E-state index >= 15 is 0 Å². The van der Waals surface area contributed by atoms with Crippen LogP contribution in [0.25, 0.3) is 0 Å². The SMILES string of the molecule is CCCOc1ccc(CN2C[C@@H](C(F)(F)F)[C@H](C(=O)O)C2)cc1OCC. The lowest BCUT2D eigenvalue weighted by atomic mass is 9.96. The maximum atomic E-state index is 13.1. The van der Waals surface area contributed by atoms with Crippen molar-refractivity contribution >= 4 is 5.97 Å². The van der Waals surface area contributed by atoms with E-state index in [0.717, 1.165) is 12.0 Å². The van der Waals surface area contributed by atoms with Gasteiger partial charge in [-0.2, -0.15) is 13.2 Å². The minimum atomic E-state index is -4.52. The number of halogens is 3. The molecule has 2 rings (SSSR count). The molecule has 2 atom stereocenters. The van der Waals surface area contributed by atoms with E-state index in [1.165, 1.54) is 4.90 Å². The largest absolute Gasteiger partial charge is 0.490 e. The molecule has 0 radical (unpaired) electrons. The van der Waals surface area contributed by atoms with Gasteiger partial charge in [0.1, 0.15) is 0 Å². The smallest absolute Gasteiger partial charge is 0.393 e. The molecule has 1 aromatic carbocycles. The number of carbonyl (C=O) groups is 1. The Balaban J connectivity index is 2.12. The maximum absolute atomic E-state index is 13.1. The molecule has 146 valence electrons. The van der Waals surface area contributed by atoms with Crippen molar-refractivity contribution in [1.82, 2.24) is 4.90 Å². The van der Waals surface area contributed by atoms with Gasteiger partial charge in [0.05, 0.1) is 25.0 Å². The first-order valence-electron chi connectivity index (χ1n) is 8.66. The Labute approximate surface area is 150 Å². The summed E-state index contributed by atoms with van der Waals surface area (Å²) < 4.78 is 50.4. The molecule has 0 saturated carbocycles. The van der Waals surface area contributed by atoms with Gasteiger partial charge in [0, 0.05) is 19.6 Å². The molecule has 5 nitrogen and oxygen atoms in total. The van der Waals surface area contributed by atoms with Crippen molar-refractivity contribution in [3.8, 4) is 11.5 Å². The number of rotatable bonds is 8. The second-order valence-corrected chi connectivity index (χ2v) is 6.35. The van der Waals surface area contributed by atoms with Gasteiger partial charge in [0.2, 0.25) is 0 Å². The zero-order chi connectivity index (χ0) is 19.3. The summed E-state index contributed by atoms with van der Waals surface area (Å²) in [5.74, 6) is -3.56. The van der Waals surface area contributed by atoms with E-state index in [0.29, 0.717) is 24.7 Å². The Morgan fingerprint density at radius 1 is 1.23 bits per heavy atom. The first-order chi connectivity index (χ1) is 12.3. The normalized spacial score (nSPS) is 21.0. The van der Waals surface area contributed by atoms with E-state index < -0.39 is 24.0 Å². The van der Waals surface area contributed by atoms with E-state index in [9.17, 15) is 18.0 Å². The highest BCUT2D eigenvalue weighted by Gasteiger charge is 2.52. The topological polar surface area (TPSA) is 59.0 Å². The van der Waals surface area contributed by atoms with Gasteiger partial charge < -0.3 is 14.6 Å². The third kappa shape index (κ3) is 5.03. The molecule has 0 spiro atoms. The molecule has 0 aromatic heterocycles. The fourth-order valence-electron chi connectivity index (χ4n) is 3.10. The second-order valence-electron chi connectivity index (χ2n) is 6.35. The summed E-state index contributed by atoms with van der Waals surface area (Å²) >= 11 is 0. The van der Waals surface area contributed by atoms with Gasteiger partial charge in [-0.25, -0.2) is 0 Å². The lowest BCUT2D eigenvalue weighted by Gasteiger charge is -2.19. The van der Waals surface area contributed by atoms with Gasteiger partial charge in [-0.3, -0.25) is 9.69 Å². The average molecular weight is 375 g/mol. The number of carboxylic acids is 1. The van der Waals surface area contributed by atoms with Crippen LogP contribution in [-0.2, 0) is 11.3 Å². The first kappa shape index (κ1) is 20.4. The number of alkyl halides is 3. The highest BCUT2D eigenvalue weighted by Crippen LogP contribution is 2.38. The zero-order valence-corrected chi connectivity index (χ0v) is 14.9. The molecule has 26 heavy (non-hydrogen) atoms. The molecule has 0 unspecified atom stereocenters. The molecule has 1 fully saturated rings. The van der Waals surface area contributed by atoms with Gasteiger partial charge in [-0.05, 0) is 31.0 Å². The summed E-state index contributed by atoms with van der Waals surface area (Å²) in [7, 11) is 0. The fraction of sp³-hybridized carbons (Fsp3) is 0.611. The van der Waals surface area contributed by atoms with Crippen LogP contribution in [0.5, 0.6) is 11.5 Å². The maximum Gasteiger partial charge on any atom is 0.393 e. The van der Waals surface area contributed by atoms with E-state index in [1.807, 2.05) is 13.8 Å². The van der Waals surface area contributed by atoms with Crippen molar-refractivity contribution in [1.29, 1.82) is 0 Å².